The molecule has 0 radical (unpaired) electrons. The summed E-state index contributed by atoms with van der Waals surface area (Å²) in [6.07, 6.45) is 0. The molecule has 0 saturated heterocycles. The van der Waals surface area contributed by atoms with Gasteiger partial charge in [-0.2, -0.15) is 8.78 Å². The summed E-state index contributed by atoms with van der Waals surface area (Å²) in [5.74, 6) is -2.96. The zero-order valence-electron chi connectivity index (χ0n) is 11.2. The predicted molar refractivity (Wildman–Crippen MR) is 70.6 cm³/mol. The Hall–Kier alpha value is -2.57. The van der Waals surface area contributed by atoms with Gasteiger partial charge in [0, 0.05) is 6.54 Å². The SMILES string of the molecule is O=C(NCc1cccc(OC(F)F)c1)c1c(F)cccc1F. The summed E-state index contributed by atoms with van der Waals surface area (Å²) in [6, 6.07) is 8.72. The van der Waals surface area contributed by atoms with Gasteiger partial charge >= 0.3 is 6.61 Å². The lowest BCUT2D eigenvalue weighted by molar-refractivity contribution is -0.0498. The molecule has 0 unspecified atom stereocenters. The number of hydrogen-bond acceptors (Lipinski definition) is 2. The van der Waals surface area contributed by atoms with Gasteiger partial charge in [0.2, 0.25) is 0 Å². The van der Waals surface area contributed by atoms with Crippen LogP contribution in [0.4, 0.5) is 17.6 Å². The van der Waals surface area contributed by atoms with E-state index in [4.69, 9.17) is 0 Å². The fraction of sp³-hybridized carbons (Fsp3) is 0.133. The highest BCUT2D eigenvalue weighted by Crippen LogP contribution is 2.16. The van der Waals surface area contributed by atoms with Crippen LogP contribution in [0.5, 0.6) is 5.75 Å². The molecule has 0 aliphatic rings. The minimum atomic E-state index is -2.96. The summed E-state index contributed by atoms with van der Waals surface area (Å²) in [5, 5.41) is 2.32. The maximum atomic E-state index is 13.4. The molecule has 2 aromatic carbocycles. The van der Waals surface area contributed by atoms with Crippen LogP contribution < -0.4 is 10.1 Å². The number of halogens is 4. The number of amides is 1. The van der Waals surface area contributed by atoms with E-state index in [0.717, 1.165) is 18.2 Å². The lowest BCUT2D eigenvalue weighted by Gasteiger charge is -2.09. The molecule has 0 bridgehead atoms. The summed E-state index contributed by atoms with van der Waals surface area (Å²) in [7, 11) is 0. The van der Waals surface area contributed by atoms with Gasteiger partial charge in [0.15, 0.2) is 0 Å². The van der Waals surface area contributed by atoms with Gasteiger partial charge in [-0.25, -0.2) is 8.78 Å². The summed E-state index contributed by atoms with van der Waals surface area (Å²) >= 11 is 0. The van der Waals surface area contributed by atoms with Crippen molar-refractivity contribution in [3.63, 3.8) is 0 Å². The standard InChI is InChI=1S/C15H11F4NO2/c16-11-5-2-6-12(17)13(11)14(21)20-8-9-3-1-4-10(7-9)22-15(18)19/h1-7,15H,8H2,(H,20,21). The van der Waals surface area contributed by atoms with Crippen LogP contribution in [-0.4, -0.2) is 12.5 Å². The number of alkyl halides is 2. The van der Waals surface area contributed by atoms with Crippen molar-refractivity contribution in [3.8, 4) is 5.75 Å². The Bertz CT molecular complexity index is 656. The Morgan fingerprint density at radius 1 is 1.09 bits per heavy atom. The van der Waals surface area contributed by atoms with Crippen molar-refractivity contribution in [2.24, 2.45) is 0 Å². The highest BCUT2D eigenvalue weighted by Gasteiger charge is 2.16. The third kappa shape index (κ3) is 3.97. The first-order valence-corrected chi connectivity index (χ1v) is 6.23. The maximum absolute atomic E-state index is 13.4. The van der Waals surface area contributed by atoms with Gasteiger partial charge in [0.25, 0.3) is 5.91 Å². The normalized spacial score (nSPS) is 10.6. The van der Waals surface area contributed by atoms with E-state index in [9.17, 15) is 22.4 Å². The van der Waals surface area contributed by atoms with Crippen molar-refractivity contribution in [1.29, 1.82) is 0 Å². The first-order valence-electron chi connectivity index (χ1n) is 6.23. The summed E-state index contributed by atoms with van der Waals surface area (Å²) < 4.78 is 55.3. The van der Waals surface area contributed by atoms with Gasteiger partial charge in [-0.05, 0) is 29.8 Å². The monoisotopic (exact) mass is 313 g/mol. The molecule has 0 saturated carbocycles. The van der Waals surface area contributed by atoms with E-state index in [2.05, 4.69) is 10.1 Å². The molecule has 0 aliphatic heterocycles. The minimum absolute atomic E-state index is 0.0705. The molecule has 1 amide bonds. The van der Waals surface area contributed by atoms with Gasteiger partial charge in [-0.3, -0.25) is 4.79 Å². The molecule has 116 valence electrons. The lowest BCUT2D eigenvalue weighted by Crippen LogP contribution is -2.25. The third-order valence-electron chi connectivity index (χ3n) is 2.77. The average Bonchev–Trinajstić information content (AvgIpc) is 2.44. The number of benzene rings is 2. The first-order chi connectivity index (χ1) is 10.5. The molecule has 1 N–H and O–H groups in total. The van der Waals surface area contributed by atoms with E-state index >= 15 is 0 Å². The largest absolute Gasteiger partial charge is 0.435 e. The first kappa shape index (κ1) is 15.8. The number of rotatable bonds is 5. The van der Waals surface area contributed by atoms with Crippen molar-refractivity contribution < 1.29 is 27.1 Å². The Labute approximate surface area is 123 Å². The van der Waals surface area contributed by atoms with Gasteiger partial charge < -0.3 is 10.1 Å². The number of hydrogen-bond donors (Lipinski definition) is 1. The highest BCUT2D eigenvalue weighted by molar-refractivity contribution is 5.94. The topological polar surface area (TPSA) is 38.3 Å². The second kappa shape index (κ2) is 6.93. The Balaban J connectivity index is 2.05. The maximum Gasteiger partial charge on any atom is 0.387 e. The van der Waals surface area contributed by atoms with Gasteiger partial charge in [0.1, 0.15) is 22.9 Å². The molecule has 0 aliphatic carbocycles. The van der Waals surface area contributed by atoms with E-state index in [1.807, 2.05) is 0 Å². The molecule has 2 aromatic rings. The van der Waals surface area contributed by atoms with Crippen LogP contribution in [0.15, 0.2) is 42.5 Å². The Morgan fingerprint density at radius 2 is 1.73 bits per heavy atom. The van der Waals surface area contributed by atoms with E-state index in [1.54, 1.807) is 6.07 Å². The molecule has 22 heavy (non-hydrogen) atoms. The molecular weight excluding hydrogens is 302 g/mol. The van der Waals surface area contributed by atoms with Crippen molar-refractivity contribution >= 4 is 5.91 Å². The fourth-order valence-electron chi connectivity index (χ4n) is 1.82. The second-order valence-electron chi connectivity index (χ2n) is 4.31. The number of ether oxygens (including phenoxy) is 1. The quantitative estimate of drug-likeness (QED) is 0.858. The Kier molecular flexibility index (Phi) is 4.98. The average molecular weight is 313 g/mol. The van der Waals surface area contributed by atoms with Gasteiger partial charge in [-0.15, -0.1) is 0 Å². The van der Waals surface area contributed by atoms with Gasteiger partial charge in [-0.1, -0.05) is 18.2 Å². The van der Waals surface area contributed by atoms with Gasteiger partial charge in [0.05, 0.1) is 0 Å². The van der Waals surface area contributed by atoms with Crippen molar-refractivity contribution in [1.82, 2.24) is 5.32 Å². The van der Waals surface area contributed by atoms with E-state index in [-0.39, 0.29) is 12.3 Å². The molecule has 3 nitrogen and oxygen atoms in total. The van der Waals surface area contributed by atoms with Crippen LogP contribution in [0.2, 0.25) is 0 Å². The van der Waals surface area contributed by atoms with Crippen LogP contribution in [0.25, 0.3) is 0 Å². The van der Waals surface area contributed by atoms with E-state index < -0.39 is 29.7 Å². The lowest BCUT2D eigenvalue weighted by atomic mass is 10.1. The Morgan fingerprint density at radius 3 is 2.36 bits per heavy atom. The molecule has 0 fully saturated rings. The van der Waals surface area contributed by atoms with Crippen LogP contribution in [0, 0.1) is 11.6 Å². The summed E-state index contributed by atoms with van der Waals surface area (Å²) in [6.45, 7) is -3.05. The molecule has 7 heteroatoms. The van der Waals surface area contributed by atoms with E-state index in [1.165, 1.54) is 18.2 Å². The van der Waals surface area contributed by atoms with Crippen LogP contribution in [-0.2, 0) is 6.54 Å². The van der Waals surface area contributed by atoms with Crippen molar-refractivity contribution in [3.05, 3.63) is 65.2 Å². The van der Waals surface area contributed by atoms with Crippen LogP contribution >= 0.6 is 0 Å². The summed E-state index contributed by atoms with van der Waals surface area (Å²) in [5.41, 5.74) is -0.245. The number of nitrogens with one attached hydrogen (secondary N) is 1. The number of carbonyl (C=O) groups excluding carboxylic acids is 1. The van der Waals surface area contributed by atoms with Crippen molar-refractivity contribution in [2.45, 2.75) is 13.2 Å². The third-order valence-corrected chi connectivity index (χ3v) is 2.77. The molecule has 0 heterocycles. The smallest absolute Gasteiger partial charge is 0.387 e. The van der Waals surface area contributed by atoms with Crippen LogP contribution in [0.3, 0.4) is 0 Å². The zero-order valence-corrected chi connectivity index (χ0v) is 11.2. The molecule has 0 atom stereocenters. The summed E-state index contributed by atoms with van der Waals surface area (Å²) in [4.78, 5) is 11.8. The molecule has 0 aromatic heterocycles. The second-order valence-corrected chi connectivity index (χ2v) is 4.31. The van der Waals surface area contributed by atoms with Crippen LogP contribution in [0.1, 0.15) is 15.9 Å². The molecule has 0 spiro atoms. The predicted octanol–water partition coefficient (Wildman–Crippen LogP) is 3.50. The van der Waals surface area contributed by atoms with E-state index in [0.29, 0.717) is 5.56 Å². The zero-order chi connectivity index (χ0) is 16.1. The van der Waals surface area contributed by atoms with Crippen molar-refractivity contribution in [2.75, 3.05) is 0 Å². The number of carbonyl (C=O) groups is 1. The fourth-order valence-corrected chi connectivity index (χ4v) is 1.82. The minimum Gasteiger partial charge on any atom is -0.435 e. The molecule has 2 rings (SSSR count). The highest BCUT2D eigenvalue weighted by atomic mass is 19.3. The molecular formula is C15H11F4NO2.